The van der Waals surface area contributed by atoms with Crippen molar-refractivity contribution in [2.45, 2.75) is 26.2 Å². The van der Waals surface area contributed by atoms with Gasteiger partial charge in [0.15, 0.2) is 0 Å². The Balaban J connectivity index is 2.37. The molecule has 1 rings (SSSR count). The molecule has 4 heteroatoms. The van der Waals surface area contributed by atoms with E-state index in [0.29, 0.717) is 12.2 Å². The van der Waals surface area contributed by atoms with Gasteiger partial charge in [0.25, 0.3) is 0 Å². The van der Waals surface area contributed by atoms with Crippen molar-refractivity contribution >= 4 is 27.7 Å². The summed E-state index contributed by atoms with van der Waals surface area (Å²) in [7, 11) is 0. The van der Waals surface area contributed by atoms with E-state index < -0.39 is 0 Å². The maximum Gasteiger partial charge on any atom is 0.225 e. The molecule has 0 radical (unpaired) electrons. The third-order valence-electron chi connectivity index (χ3n) is 1.97. The molecule has 1 aromatic rings. The van der Waals surface area contributed by atoms with Crippen molar-refractivity contribution in [3.63, 3.8) is 0 Å². The minimum Gasteiger partial charge on any atom is -0.311 e. The zero-order valence-electron chi connectivity index (χ0n) is 8.79. The van der Waals surface area contributed by atoms with E-state index in [1.54, 1.807) is 6.20 Å². The highest BCUT2D eigenvalue weighted by Gasteiger charge is 2.02. The number of hydrogen-bond acceptors (Lipinski definition) is 2. The second kappa shape index (κ2) is 6.56. The van der Waals surface area contributed by atoms with E-state index in [0.717, 1.165) is 23.7 Å². The molecule has 1 heterocycles. The molecule has 1 aromatic heterocycles. The lowest BCUT2D eigenvalue weighted by Gasteiger charge is -2.04. The molecule has 1 amide bonds. The van der Waals surface area contributed by atoms with Crippen molar-refractivity contribution in [3.05, 3.63) is 23.9 Å². The number of aromatic nitrogens is 1. The second-order valence-electron chi connectivity index (χ2n) is 3.41. The summed E-state index contributed by atoms with van der Waals surface area (Å²) in [4.78, 5) is 15.5. The van der Waals surface area contributed by atoms with Gasteiger partial charge in [-0.1, -0.05) is 15.9 Å². The van der Waals surface area contributed by atoms with Crippen LogP contribution in [0.3, 0.4) is 0 Å². The van der Waals surface area contributed by atoms with Crippen LogP contribution in [0.2, 0.25) is 0 Å². The highest BCUT2D eigenvalue weighted by molar-refractivity contribution is 9.09. The summed E-state index contributed by atoms with van der Waals surface area (Å²) in [6.07, 6.45) is 4.18. The molecule has 0 aliphatic rings. The Morgan fingerprint density at radius 1 is 1.53 bits per heavy atom. The number of unbranched alkanes of at least 4 members (excludes halogenated alkanes) is 1. The highest BCUT2D eigenvalue weighted by Crippen LogP contribution is 2.07. The summed E-state index contributed by atoms with van der Waals surface area (Å²) in [5.74, 6) is 0.674. The number of nitrogens with zero attached hydrogens (tertiary/aromatic N) is 1. The molecule has 0 aliphatic heterocycles. The standard InChI is InChI=1S/C11H15BrN2O/c1-9-5-7-13-10(8-9)14-11(15)4-2-3-6-12/h5,7-8H,2-4,6H2,1H3,(H,13,14,15). The lowest BCUT2D eigenvalue weighted by molar-refractivity contribution is -0.116. The van der Waals surface area contributed by atoms with Gasteiger partial charge in [0.1, 0.15) is 5.82 Å². The van der Waals surface area contributed by atoms with Gasteiger partial charge in [0.05, 0.1) is 0 Å². The zero-order chi connectivity index (χ0) is 11.1. The van der Waals surface area contributed by atoms with Crippen LogP contribution in [0.25, 0.3) is 0 Å². The lowest BCUT2D eigenvalue weighted by atomic mass is 10.2. The molecule has 0 saturated carbocycles. The van der Waals surface area contributed by atoms with E-state index >= 15 is 0 Å². The van der Waals surface area contributed by atoms with Crippen LogP contribution in [0, 0.1) is 6.92 Å². The van der Waals surface area contributed by atoms with Gasteiger partial charge in [-0.3, -0.25) is 4.79 Å². The van der Waals surface area contributed by atoms with E-state index in [1.165, 1.54) is 0 Å². The molecule has 82 valence electrons. The van der Waals surface area contributed by atoms with E-state index in [9.17, 15) is 4.79 Å². The van der Waals surface area contributed by atoms with Gasteiger partial charge in [-0.15, -0.1) is 0 Å². The molecular weight excluding hydrogens is 256 g/mol. The molecule has 15 heavy (non-hydrogen) atoms. The SMILES string of the molecule is Cc1ccnc(NC(=O)CCCCBr)c1. The van der Waals surface area contributed by atoms with Crippen LogP contribution < -0.4 is 5.32 Å². The third kappa shape index (κ3) is 4.93. The fourth-order valence-corrected chi connectivity index (χ4v) is 1.59. The fraction of sp³-hybridized carbons (Fsp3) is 0.455. The van der Waals surface area contributed by atoms with Gasteiger partial charge in [0.2, 0.25) is 5.91 Å². The minimum absolute atomic E-state index is 0.0362. The number of hydrogen-bond donors (Lipinski definition) is 1. The first-order valence-corrected chi connectivity index (χ1v) is 6.13. The number of anilines is 1. The average molecular weight is 271 g/mol. The zero-order valence-corrected chi connectivity index (χ0v) is 10.4. The molecule has 1 N–H and O–H groups in total. The van der Waals surface area contributed by atoms with Crippen molar-refractivity contribution in [1.29, 1.82) is 0 Å². The molecule has 0 unspecified atom stereocenters. The Hall–Kier alpha value is -0.900. The Morgan fingerprint density at radius 2 is 2.33 bits per heavy atom. The fourth-order valence-electron chi connectivity index (χ4n) is 1.19. The molecule has 0 saturated heterocycles. The van der Waals surface area contributed by atoms with Crippen molar-refractivity contribution in [2.75, 3.05) is 10.6 Å². The number of alkyl halides is 1. The summed E-state index contributed by atoms with van der Waals surface area (Å²) in [5, 5.41) is 3.72. The molecule has 0 aromatic carbocycles. The molecule has 0 fully saturated rings. The second-order valence-corrected chi connectivity index (χ2v) is 4.21. The number of nitrogens with one attached hydrogen (secondary N) is 1. The number of pyridine rings is 1. The first kappa shape index (κ1) is 12.2. The van der Waals surface area contributed by atoms with Crippen LogP contribution in [0.1, 0.15) is 24.8 Å². The largest absolute Gasteiger partial charge is 0.311 e. The molecule has 0 spiro atoms. The van der Waals surface area contributed by atoms with Gasteiger partial charge in [-0.2, -0.15) is 0 Å². The quantitative estimate of drug-likeness (QED) is 0.661. The Bertz CT molecular complexity index is 328. The predicted molar refractivity (Wildman–Crippen MR) is 65.2 cm³/mol. The van der Waals surface area contributed by atoms with Crippen LogP contribution in [0.4, 0.5) is 5.82 Å². The number of rotatable bonds is 5. The number of halogens is 1. The third-order valence-corrected chi connectivity index (χ3v) is 2.53. The predicted octanol–water partition coefficient (Wildman–Crippen LogP) is 2.89. The molecule has 0 atom stereocenters. The highest BCUT2D eigenvalue weighted by atomic mass is 79.9. The topological polar surface area (TPSA) is 42.0 Å². The van der Waals surface area contributed by atoms with Crippen LogP contribution in [-0.4, -0.2) is 16.2 Å². The Kier molecular flexibility index (Phi) is 5.32. The maximum atomic E-state index is 11.4. The first-order chi connectivity index (χ1) is 7.22. The summed E-state index contributed by atoms with van der Waals surface area (Å²) >= 11 is 3.33. The minimum atomic E-state index is 0.0362. The van der Waals surface area contributed by atoms with Crippen molar-refractivity contribution < 1.29 is 4.79 Å². The lowest BCUT2D eigenvalue weighted by Crippen LogP contribution is -2.12. The van der Waals surface area contributed by atoms with E-state index in [2.05, 4.69) is 26.2 Å². The number of carbonyl (C=O) groups is 1. The Morgan fingerprint density at radius 3 is 3.00 bits per heavy atom. The smallest absolute Gasteiger partial charge is 0.225 e. The first-order valence-electron chi connectivity index (χ1n) is 5.01. The van der Waals surface area contributed by atoms with Gasteiger partial charge in [0, 0.05) is 17.9 Å². The van der Waals surface area contributed by atoms with Crippen LogP contribution in [0.5, 0.6) is 0 Å². The van der Waals surface area contributed by atoms with Crippen LogP contribution in [-0.2, 0) is 4.79 Å². The molecule has 3 nitrogen and oxygen atoms in total. The molecule has 0 aliphatic carbocycles. The number of amides is 1. The van der Waals surface area contributed by atoms with Crippen LogP contribution >= 0.6 is 15.9 Å². The number of aryl methyl sites for hydroxylation is 1. The van der Waals surface area contributed by atoms with Crippen molar-refractivity contribution in [3.8, 4) is 0 Å². The van der Waals surface area contributed by atoms with Gasteiger partial charge in [-0.25, -0.2) is 4.98 Å². The van der Waals surface area contributed by atoms with Gasteiger partial charge in [-0.05, 0) is 37.5 Å². The van der Waals surface area contributed by atoms with Gasteiger partial charge < -0.3 is 5.32 Å². The van der Waals surface area contributed by atoms with Crippen molar-refractivity contribution in [1.82, 2.24) is 4.98 Å². The molecule has 0 bridgehead atoms. The summed E-state index contributed by atoms with van der Waals surface area (Å²) < 4.78 is 0. The maximum absolute atomic E-state index is 11.4. The monoisotopic (exact) mass is 270 g/mol. The summed E-state index contributed by atoms with van der Waals surface area (Å²) in [5.41, 5.74) is 1.10. The van der Waals surface area contributed by atoms with Crippen LogP contribution in [0.15, 0.2) is 18.3 Å². The normalized spacial score (nSPS) is 10.0. The van der Waals surface area contributed by atoms with E-state index in [-0.39, 0.29) is 5.91 Å². The van der Waals surface area contributed by atoms with E-state index in [1.807, 2.05) is 19.1 Å². The van der Waals surface area contributed by atoms with E-state index in [4.69, 9.17) is 0 Å². The summed E-state index contributed by atoms with van der Waals surface area (Å²) in [6, 6.07) is 3.77. The van der Waals surface area contributed by atoms with Crippen molar-refractivity contribution in [2.24, 2.45) is 0 Å². The average Bonchev–Trinajstić information content (AvgIpc) is 2.18. The Labute approximate surface area is 98.4 Å². The number of carbonyl (C=O) groups excluding carboxylic acids is 1. The molecular formula is C11H15BrN2O. The summed E-state index contributed by atoms with van der Waals surface area (Å²) in [6.45, 7) is 1.97. The van der Waals surface area contributed by atoms with Gasteiger partial charge >= 0.3 is 0 Å².